The van der Waals surface area contributed by atoms with Crippen LogP contribution in [0.4, 0.5) is 0 Å². The first kappa shape index (κ1) is 26.2. The third kappa shape index (κ3) is 7.55. The minimum Gasteiger partial charge on any atom is -0.507 e. The molecule has 3 aromatic rings. The average molecular weight is 538 g/mol. The molecule has 1 aliphatic heterocycles. The number of allylic oxidation sites excluding steroid dienone is 2. The molecule has 2 aromatic heterocycles. The van der Waals surface area contributed by atoms with Crippen LogP contribution in [0.25, 0.3) is 11.4 Å². The molecule has 0 aliphatic carbocycles. The van der Waals surface area contributed by atoms with Gasteiger partial charge < -0.3 is 15.3 Å². The van der Waals surface area contributed by atoms with Gasteiger partial charge in [-0.3, -0.25) is 9.78 Å². The molecule has 0 saturated carbocycles. The van der Waals surface area contributed by atoms with Crippen LogP contribution >= 0.6 is 15.9 Å². The van der Waals surface area contributed by atoms with E-state index in [1.807, 2.05) is 59.8 Å². The fraction of sp³-hybridized carbons (Fsp3) is 0.296. The molecule has 0 bridgehead atoms. The summed E-state index contributed by atoms with van der Waals surface area (Å²) in [7, 11) is 0. The number of nitrogens with one attached hydrogen (secondary N) is 1. The average Bonchev–Trinajstić information content (AvgIpc) is 3.20. The fourth-order valence-electron chi connectivity index (χ4n) is 3.86. The maximum atomic E-state index is 11.1. The highest BCUT2D eigenvalue weighted by molar-refractivity contribution is 9.10. The summed E-state index contributed by atoms with van der Waals surface area (Å²) in [6.07, 6.45) is 8.45. The van der Waals surface area contributed by atoms with Crippen LogP contribution in [-0.2, 0) is 4.79 Å². The van der Waals surface area contributed by atoms with Gasteiger partial charge >= 0.3 is 0 Å². The highest BCUT2D eigenvalue weighted by Gasteiger charge is 2.19. The molecule has 35 heavy (non-hydrogen) atoms. The van der Waals surface area contributed by atoms with Gasteiger partial charge in [0.15, 0.2) is 0 Å². The number of aromatic hydroxyl groups is 1. The smallest absolute Gasteiger partial charge is 0.209 e. The predicted octanol–water partition coefficient (Wildman–Crippen LogP) is 5.02. The summed E-state index contributed by atoms with van der Waals surface area (Å²) in [5, 5.41) is 18.1. The number of pyridine rings is 1. The third-order valence-corrected chi connectivity index (χ3v) is 6.60. The molecule has 0 radical (unpaired) electrons. The van der Waals surface area contributed by atoms with E-state index in [4.69, 9.17) is 0 Å². The molecule has 2 N–H and O–H groups in total. The topological polar surface area (TPSA) is 83.3 Å². The second-order valence-electron chi connectivity index (χ2n) is 8.52. The Morgan fingerprint density at radius 3 is 2.63 bits per heavy atom. The third-order valence-electron chi connectivity index (χ3n) is 5.82. The maximum absolute atomic E-state index is 11.1. The number of hydrogen-bond donors (Lipinski definition) is 2. The van der Waals surface area contributed by atoms with Crippen LogP contribution in [0.3, 0.4) is 0 Å². The van der Waals surface area contributed by atoms with Gasteiger partial charge in [-0.25, -0.2) is 4.68 Å². The number of para-hydroxylation sites is 1. The Kier molecular flexibility index (Phi) is 9.66. The number of nitrogens with zero attached hydrogens (tertiary/aromatic N) is 4. The summed E-state index contributed by atoms with van der Waals surface area (Å²) < 4.78 is 2.73. The van der Waals surface area contributed by atoms with E-state index >= 15 is 0 Å². The van der Waals surface area contributed by atoms with E-state index in [1.54, 1.807) is 24.5 Å². The zero-order valence-electron chi connectivity index (χ0n) is 20.2. The van der Waals surface area contributed by atoms with Crippen LogP contribution in [0.5, 0.6) is 5.75 Å². The first-order chi connectivity index (χ1) is 16.9. The maximum Gasteiger partial charge on any atom is 0.209 e. The molecule has 1 fully saturated rings. The van der Waals surface area contributed by atoms with Crippen LogP contribution < -0.4 is 5.32 Å². The lowest BCUT2D eigenvalue weighted by atomic mass is 9.98. The van der Waals surface area contributed by atoms with Crippen molar-refractivity contribution < 1.29 is 9.90 Å². The van der Waals surface area contributed by atoms with Crippen molar-refractivity contribution in [3.05, 3.63) is 88.9 Å². The summed E-state index contributed by atoms with van der Waals surface area (Å²) in [4.78, 5) is 16.9. The molecule has 184 valence electrons. The summed E-state index contributed by atoms with van der Waals surface area (Å²) in [6.45, 7) is 10.4. The monoisotopic (exact) mass is 537 g/mol. The normalized spacial score (nSPS) is 15.7. The number of benzene rings is 1. The van der Waals surface area contributed by atoms with E-state index in [1.165, 1.54) is 0 Å². The number of phenolic OH excluding ortho intramolecular Hbond substituents is 1. The van der Waals surface area contributed by atoms with Crippen molar-refractivity contribution in [2.75, 3.05) is 19.6 Å². The van der Waals surface area contributed by atoms with Gasteiger partial charge in [-0.05, 0) is 78.4 Å². The van der Waals surface area contributed by atoms with E-state index in [2.05, 4.69) is 37.9 Å². The lowest BCUT2D eigenvalue weighted by Gasteiger charge is -2.30. The lowest BCUT2D eigenvalue weighted by molar-refractivity contribution is -0.119. The number of halogens is 1. The van der Waals surface area contributed by atoms with E-state index in [0.717, 1.165) is 60.6 Å². The quantitative estimate of drug-likeness (QED) is 0.326. The van der Waals surface area contributed by atoms with Gasteiger partial charge in [0.25, 0.3) is 0 Å². The van der Waals surface area contributed by atoms with Crippen molar-refractivity contribution in [3.63, 3.8) is 0 Å². The van der Waals surface area contributed by atoms with Gasteiger partial charge in [-0.15, -0.1) is 0 Å². The van der Waals surface area contributed by atoms with Crippen LogP contribution in [0.15, 0.2) is 72.0 Å². The molecule has 1 unspecified atom stereocenters. The van der Waals surface area contributed by atoms with E-state index in [0.29, 0.717) is 17.1 Å². The van der Waals surface area contributed by atoms with Crippen LogP contribution in [0, 0.1) is 19.8 Å². The molecule has 3 heterocycles. The van der Waals surface area contributed by atoms with Crippen molar-refractivity contribution >= 4 is 33.7 Å². The van der Waals surface area contributed by atoms with Gasteiger partial charge in [0.05, 0.1) is 16.4 Å². The Morgan fingerprint density at radius 2 is 2.03 bits per heavy atom. The fourth-order valence-corrected chi connectivity index (χ4v) is 4.12. The molecule has 1 aromatic carbocycles. The Morgan fingerprint density at radius 1 is 1.26 bits per heavy atom. The van der Waals surface area contributed by atoms with Crippen molar-refractivity contribution in [2.24, 2.45) is 5.92 Å². The zero-order chi connectivity index (χ0) is 25.2. The number of aryl methyl sites for hydroxylation is 1. The number of carbonyl (C=O) groups is 1. The molecule has 1 atom stereocenters. The van der Waals surface area contributed by atoms with Crippen LogP contribution in [0.1, 0.15) is 29.8 Å². The minimum absolute atomic E-state index is 0.190. The number of piperidine rings is 1. The highest BCUT2D eigenvalue weighted by atomic mass is 79.9. The first-order valence-electron chi connectivity index (χ1n) is 11.6. The zero-order valence-corrected chi connectivity index (χ0v) is 21.8. The van der Waals surface area contributed by atoms with Gasteiger partial charge in [0, 0.05) is 37.1 Å². The largest absolute Gasteiger partial charge is 0.507 e. The van der Waals surface area contributed by atoms with E-state index in [9.17, 15) is 9.90 Å². The number of amides is 1. The van der Waals surface area contributed by atoms with Crippen LogP contribution in [-0.4, -0.2) is 50.8 Å². The molecular formula is C27H32BrN5O2. The summed E-state index contributed by atoms with van der Waals surface area (Å²) >= 11 is 3.51. The summed E-state index contributed by atoms with van der Waals surface area (Å²) in [5.74, 6) is 1.34. The second-order valence-corrected chi connectivity index (χ2v) is 9.38. The van der Waals surface area contributed by atoms with Crippen LogP contribution in [0.2, 0.25) is 0 Å². The highest BCUT2D eigenvalue weighted by Crippen LogP contribution is 2.26. The van der Waals surface area contributed by atoms with Gasteiger partial charge in [-0.1, -0.05) is 30.8 Å². The molecule has 4 rings (SSSR count). The summed E-state index contributed by atoms with van der Waals surface area (Å²) in [6, 6.07) is 13.0. The second kappa shape index (κ2) is 12.9. The number of rotatable bonds is 7. The Labute approximate surface area is 215 Å². The molecule has 8 heteroatoms. The van der Waals surface area contributed by atoms with Crippen molar-refractivity contribution in [1.29, 1.82) is 0 Å². The lowest BCUT2D eigenvalue weighted by Crippen LogP contribution is -2.39. The molecule has 0 spiro atoms. The first-order valence-corrected chi connectivity index (χ1v) is 12.4. The number of carbonyl (C=O) groups excluding carboxylic acids is 1. The van der Waals surface area contributed by atoms with Crippen molar-refractivity contribution in [1.82, 2.24) is 25.0 Å². The predicted molar refractivity (Wildman–Crippen MR) is 143 cm³/mol. The SMILES string of the molecule is C=C(/C=C(/NCC1CCCN(C=O)C1)n1ncc(Br)c1C)c1ccccc1O.Cc1ccccn1. The van der Waals surface area contributed by atoms with E-state index in [-0.39, 0.29) is 5.75 Å². The molecule has 1 saturated heterocycles. The Balaban J connectivity index is 0.000000420. The molecule has 1 amide bonds. The van der Waals surface area contributed by atoms with Gasteiger partial charge in [0.2, 0.25) is 6.41 Å². The molecule has 1 aliphatic rings. The number of phenols is 1. The molecular weight excluding hydrogens is 506 g/mol. The standard InChI is InChI=1S/C21H25BrN4O2.C6H7N/c1-15(18-7-3-4-8-20(18)28)10-21(26-16(2)19(22)12-24-26)23-11-17-6-5-9-25(13-17)14-27;1-6-4-2-3-5-7-6/h3-4,7-8,10,12,14,17,23,28H,1,5-6,9,11,13H2,2H3;2-5H,1H3/b21-10-;. The number of hydrogen-bond acceptors (Lipinski definition) is 5. The Hall–Kier alpha value is -3.39. The van der Waals surface area contributed by atoms with E-state index < -0.39 is 0 Å². The van der Waals surface area contributed by atoms with Gasteiger partial charge in [0.1, 0.15) is 11.6 Å². The number of likely N-dealkylation sites (tertiary alicyclic amines) is 1. The van der Waals surface area contributed by atoms with Crippen molar-refractivity contribution in [3.8, 4) is 5.75 Å². The number of aromatic nitrogens is 3. The minimum atomic E-state index is 0.190. The van der Waals surface area contributed by atoms with Gasteiger partial charge in [-0.2, -0.15) is 5.10 Å². The summed E-state index contributed by atoms with van der Waals surface area (Å²) in [5.41, 5.74) is 3.39. The molecule has 7 nitrogen and oxygen atoms in total. The van der Waals surface area contributed by atoms with Crippen molar-refractivity contribution in [2.45, 2.75) is 26.7 Å². The Bertz CT molecular complexity index is 1160.